The van der Waals surface area contributed by atoms with Gasteiger partial charge >= 0.3 is 6.03 Å². The minimum Gasteiger partial charge on any atom is -0.497 e. The first-order chi connectivity index (χ1) is 13.2. The average Bonchev–Trinajstić information content (AvgIpc) is 3.19. The third-order valence-electron chi connectivity index (χ3n) is 4.87. The number of rotatable bonds is 6. The maximum Gasteiger partial charge on any atom is 0.322 e. The van der Waals surface area contributed by atoms with E-state index in [1.165, 1.54) is 0 Å². The second-order valence-electron chi connectivity index (χ2n) is 6.48. The molecule has 2 aromatic rings. The number of para-hydroxylation sites is 1. The SMILES string of the molecule is COCc1ccccc1NC(=O)N1CCCC1c1ccc(OC)cc1OC. The van der Waals surface area contributed by atoms with Gasteiger partial charge in [-0.3, -0.25) is 0 Å². The largest absolute Gasteiger partial charge is 0.497 e. The molecule has 2 aromatic carbocycles. The second kappa shape index (κ2) is 8.77. The highest BCUT2D eigenvalue weighted by molar-refractivity contribution is 5.90. The molecular weight excluding hydrogens is 344 g/mol. The minimum atomic E-state index is -0.112. The summed E-state index contributed by atoms with van der Waals surface area (Å²) in [5.74, 6) is 1.47. The Morgan fingerprint density at radius 2 is 1.96 bits per heavy atom. The van der Waals surface area contributed by atoms with Crippen LogP contribution in [0.25, 0.3) is 0 Å². The molecule has 1 saturated heterocycles. The van der Waals surface area contributed by atoms with Gasteiger partial charge in [-0.25, -0.2) is 4.79 Å². The molecule has 1 N–H and O–H groups in total. The fourth-order valence-electron chi connectivity index (χ4n) is 3.54. The van der Waals surface area contributed by atoms with Crippen molar-refractivity contribution in [3.05, 3.63) is 53.6 Å². The lowest BCUT2D eigenvalue weighted by molar-refractivity contribution is 0.185. The minimum absolute atomic E-state index is 0.0274. The molecule has 27 heavy (non-hydrogen) atoms. The Morgan fingerprint density at radius 3 is 2.70 bits per heavy atom. The van der Waals surface area contributed by atoms with Gasteiger partial charge in [0.1, 0.15) is 11.5 Å². The number of benzene rings is 2. The summed E-state index contributed by atoms with van der Waals surface area (Å²) < 4.78 is 16.0. The number of likely N-dealkylation sites (tertiary alicyclic amines) is 1. The van der Waals surface area contributed by atoms with Crippen molar-refractivity contribution in [3.8, 4) is 11.5 Å². The molecule has 1 atom stereocenters. The van der Waals surface area contributed by atoms with Gasteiger partial charge in [-0.1, -0.05) is 18.2 Å². The van der Waals surface area contributed by atoms with E-state index in [-0.39, 0.29) is 12.1 Å². The molecule has 3 rings (SSSR count). The van der Waals surface area contributed by atoms with Crippen LogP contribution in [0.2, 0.25) is 0 Å². The maximum atomic E-state index is 13.0. The molecule has 0 saturated carbocycles. The van der Waals surface area contributed by atoms with Crippen molar-refractivity contribution in [2.75, 3.05) is 33.2 Å². The first-order valence-electron chi connectivity index (χ1n) is 9.04. The van der Waals surface area contributed by atoms with E-state index in [4.69, 9.17) is 14.2 Å². The van der Waals surface area contributed by atoms with Crippen LogP contribution in [-0.2, 0) is 11.3 Å². The number of nitrogens with one attached hydrogen (secondary N) is 1. The van der Waals surface area contributed by atoms with Crippen molar-refractivity contribution in [3.63, 3.8) is 0 Å². The van der Waals surface area contributed by atoms with Gasteiger partial charge in [-0.2, -0.15) is 0 Å². The van der Waals surface area contributed by atoms with Crippen LogP contribution in [0.1, 0.15) is 30.0 Å². The molecule has 1 aliphatic rings. The Bertz CT molecular complexity index is 794. The molecule has 1 unspecified atom stereocenters. The number of anilines is 1. The van der Waals surface area contributed by atoms with Gasteiger partial charge in [0.25, 0.3) is 0 Å². The summed E-state index contributed by atoms with van der Waals surface area (Å²) in [6.07, 6.45) is 1.85. The third kappa shape index (κ3) is 4.17. The molecule has 6 nitrogen and oxygen atoms in total. The van der Waals surface area contributed by atoms with E-state index >= 15 is 0 Å². The molecule has 1 heterocycles. The standard InChI is InChI=1S/C21H26N2O4/c1-25-14-15-7-4-5-8-18(15)22-21(24)23-12-6-9-19(23)17-11-10-16(26-2)13-20(17)27-3/h4-5,7-8,10-11,13,19H,6,9,12,14H2,1-3H3,(H,22,24). The van der Waals surface area contributed by atoms with Gasteiger partial charge in [0.05, 0.1) is 26.9 Å². The maximum absolute atomic E-state index is 13.0. The quantitative estimate of drug-likeness (QED) is 0.827. The Labute approximate surface area is 160 Å². The van der Waals surface area contributed by atoms with Crippen molar-refractivity contribution < 1.29 is 19.0 Å². The molecule has 0 radical (unpaired) electrons. The molecular formula is C21H26N2O4. The topological polar surface area (TPSA) is 60.0 Å². The number of methoxy groups -OCH3 is 3. The van der Waals surface area contributed by atoms with E-state index < -0.39 is 0 Å². The van der Waals surface area contributed by atoms with Gasteiger partial charge < -0.3 is 24.4 Å². The number of carbonyl (C=O) groups is 1. The number of hydrogen-bond acceptors (Lipinski definition) is 4. The fourth-order valence-corrected chi connectivity index (χ4v) is 3.54. The number of urea groups is 1. The molecule has 0 aliphatic carbocycles. The predicted molar refractivity (Wildman–Crippen MR) is 104 cm³/mol. The van der Waals surface area contributed by atoms with Crippen molar-refractivity contribution in [2.24, 2.45) is 0 Å². The van der Waals surface area contributed by atoms with E-state index in [0.29, 0.717) is 13.2 Å². The molecule has 0 spiro atoms. The molecule has 0 bridgehead atoms. The Balaban J connectivity index is 1.81. The van der Waals surface area contributed by atoms with Crippen LogP contribution in [0.5, 0.6) is 11.5 Å². The zero-order valence-corrected chi connectivity index (χ0v) is 16.0. The van der Waals surface area contributed by atoms with E-state index in [9.17, 15) is 4.79 Å². The van der Waals surface area contributed by atoms with Gasteiger partial charge in [0.15, 0.2) is 0 Å². The number of amides is 2. The Morgan fingerprint density at radius 1 is 1.15 bits per heavy atom. The van der Waals surface area contributed by atoms with Gasteiger partial charge in [0, 0.05) is 36.5 Å². The number of nitrogens with zero attached hydrogens (tertiary/aromatic N) is 1. The van der Waals surface area contributed by atoms with Crippen LogP contribution in [0.4, 0.5) is 10.5 Å². The first kappa shape index (κ1) is 19.0. The van der Waals surface area contributed by atoms with Gasteiger partial charge in [0.2, 0.25) is 0 Å². The number of ether oxygens (including phenoxy) is 3. The molecule has 1 aliphatic heterocycles. The summed E-state index contributed by atoms with van der Waals surface area (Å²) in [4.78, 5) is 14.9. The molecule has 6 heteroatoms. The van der Waals surface area contributed by atoms with E-state index in [0.717, 1.165) is 41.2 Å². The van der Waals surface area contributed by atoms with Crippen molar-refractivity contribution in [1.82, 2.24) is 4.90 Å². The van der Waals surface area contributed by atoms with Gasteiger partial charge in [-0.05, 0) is 31.0 Å². The molecule has 144 valence electrons. The number of carbonyl (C=O) groups excluding carboxylic acids is 1. The van der Waals surface area contributed by atoms with Crippen LogP contribution in [0, 0.1) is 0 Å². The summed E-state index contributed by atoms with van der Waals surface area (Å²) in [7, 11) is 4.91. The number of hydrogen-bond donors (Lipinski definition) is 1. The zero-order valence-electron chi connectivity index (χ0n) is 16.0. The van der Waals surface area contributed by atoms with Crippen molar-refractivity contribution in [2.45, 2.75) is 25.5 Å². The highest BCUT2D eigenvalue weighted by Gasteiger charge is 2.32. The molecule has 2 amide bonds. The zero-order chi connectivity index (χ0) is 19.2. The molecule has 1 fully saturated rings. The smallest absolute Gasteiger partial charge is 0.322 e. The Hall–Kier alpha value is -2.73. The van der Waals surface area contributed by atoms with Gasteiger partial charge in [-0.15, -0.1) is 0 Å². The monoisotopic (exact) mass is 370 g/mol. The second-order valence-corrected chi connectivity index (χ2v) is 6.48. The lowest BCUT2D eigenvalue weighted by Crippen LogP contribution is -2.34. The summed E-state index contributed by atoms with van der Waals surface area (Å²) in [5.41, 5.74) is 2.72. The van der Waals surface area contributed by atoms with Crippen LogP contribution < -0.4 is 14.8 Å². The van der Waals surface area contributed by atoms with Crippen LogP contribution >= 0.6 is 0 Å². The summed E-state index contributed by atoms with van der Waals surface area (Å²) in [5, 5.41) is 3.04. The predicted octanol–water partition coefficient (Wildman–Crippen LogP) is 4.22. The van der Waals surface area contributed by atoms with Crippen molar-refractivity contribution >= 4 is 11.7 Å². The highest BCUT2D eigenvalue weighted by atomic mass is 16.5. The van der Waals surface area contributed by atoms with E-state index in [1.54, 1.807) is 21.3 Å². The van der Waals surface area contributed by atoms with E-state index in [1.807, 2.05) is 47.4 Å². The summed E-state index contributed by atoms with van der Waals surface area (Å²) >= 11 is 0. The van der Waals surface area contributed by atoms with Crippen LogP contribution in [0.15, 0.2) is 42.5 Å². The normalized spacial score (nSPS) is 16.3. The van der Waals surface area contributed by atoms with E-state index in [2.05, 4.69) is 5.32 Å². The highest BCUT2D eigenvalue weighted by Crippen LogP contribution is 2.39. The van der Waals surface area contributed by atoms with Crippen LogP contribution in [-0.4, -0.2) is 38.8 Å². The molecule has 0 aromatic heterocycles. The van der Waals surface area contributed by atoms with Crippen molar-refractivity contribution in [1.29, 1.82) is 0 Å². The summed E-state index contributed by atoms with van der Waals surface area (Å²) in [6, 6.07) is 13.3. The lowest BCUT2D eigenvalue weighted by Gasteiger charge is -2.27. The fraction of sp³-hybridized carbons (Fsp3) is 0.381. The van der Waals surface area contributed by atoms with Crippen LogP contribution in [0.3, 0.4) is 0 Å². The Kier molecular flexibility index (Phi) is 6.19. The summed E-state index contributed by atoms with van der Waals surface area (Å²) in [6.45, 7) is 1.16. The third-order valence-corrected chi connectivity index (χ3v) is 4.87. The first-order valence-corrected chi connectivity index (χ1v) is 9.04. The lowest BCUT2D eigenvalue weighted by atomic mass is 10.0. The average molecular weight is 370 g/mol.